The summed E-state index contributed by atoms with van der Waals surface area (Å²) in [5.74, 6) is -1.28. The van der Waals surface area contributed by atoms with E-state index in [2.05, 4.69) is 0 Å². The highest BCUT2D eigenvalue weighted by molar-refractivity contribution is 6.31. The Morgan fingerprint density at radius 3 is 2.30 bits per heavy atom. The number of rotatable bonds is 4. The third-order valence-electron chi connectivity index (χ3n) is 3.06. The van der Waals surface area contributed by atoms with E-state index in [1.54, 1.807) is 0 Å². The zero-order valence-corrected chi connectivity index (χ0v) is 11.8. The number of halogens is 3. The monoisotopic (exact) mass is 296 g/mol. The molecule has 0 spiro atoms. The predicted octanol–water partition coefficient (Wildman–Crippen LogP) is 4.07. The van der Waals surface area contributed by atoms with Crippen LogP contribution < -0.4 is 0 Å². The van der Waals surface area contributed by atoms with Gasteiger partial charge in [-0.3, -0.25) is 0 Å². The zero-order valence-electron chi connectivity index (χ0n) is 11.0. The van der Waals surface area contributed by atoms with Crippen LogP contribution in [0.15, 0.2) is 36.4 Å². The van der Waals surface area contributed by atoms with E-state index in [1.165, 1.54) is 12.1 Å². The van der Waals surface area contributed by atoms with Gasteiger partial charge in [0, 0.05) is 17.5 Å². The number of aliphatic hydroxyl groups excluding tert-OH is 1. The van der Waals surface area contributed by atoms with Crippen molar-refractivity contribution in [2.24, 2.45) is 0 Å². The molecule has 2 aromatic carbocycles. The molecule has 0 aliphatic heterocycles. The van der Waals surface area contributed by atoms with Crippen LogP contribution in [0.5, 0.6) is 0 Å². The molecule has 2 rings (SSSR count). The maximum atomic E-state index is 13.1. The SMILES string of the molecule is Cc1ccc(CC(O)Cc2cc(F)cc(F)c2)c(Cl)c1. The van der Waals surface area contributed by atoms with Gasteiger partial charge in [-0.1, -0.05) is 23.7 Å². The molecule has 1 N–H and O–H groups in total. The Morgan fingerprint density at radius 2 is 1.70 bits per heavy atom. The Morgan fingerprint density at radius 1 is 1.05 bits per heavy atom. The van der Waals surface area contributed by atoms with E-state index in [0.29, 0.717) is 17.0 Å². The van der Waals surface area contributed by atoms with E-state index < -0.39 is 17.7 Å². The molecule has 0 bridgehead atoms. The summed E-state index contributed by atoms with van der Waals surface area (Å²) in [6, 6.07) is 8.85. The number of aliphatic hydroxyl groups is 1. The second-order valence-corrected chi connectivity index (χ2v) is 5.34. The average Bonchev–Trinajstić information content (AvgIpc) is 2.31. The fraction of sp³-hybridized carbons (Fsp3) is 0.250. The summed E-state index contributed by atoms with van der Waals surface area (Å²) in [6.07, 6.45) is -0.215. The largest absolute Gasteiger partial charge is 0.392 e. The van der Waals surface area contributed by atoms with Crippen LogP contribution >= 0.6 is 11.6 Å². The lowest BCUT2D eigenvalue weighted by atomic mass is 10.0. The van der Waals surface area contributed by atoms with Gasteiger partial charge in [0.1, 0.15) is 11.6 Å². The lowest BCUT2D eigenvalue weighted by Crippen LogP contribution is -2.14. The van der Waals surface area contributed by atoms with Crippen LogP contribution in [0, 0.1) is 18.6 Å². The molecule has 2 aromatic rings. The third-order valence-corrected chi connectivity index (χ3v) is 3.41. The molecular formula is C16H15ClF2O. The summed E-state index contributed by atoms with van der Waals surface area (Å²) in [5, 5.41) is 10.6. The van der Waals surface area contributed by atoms with Crippen molar-refractivity contribution in [1.29, 1.82) is 0 Å². The third kappa shape index (κ3) is 4.02. The van der Waals surface area contributed by atoms with Crippen LogP contribution in [0.3, 0.4) is 0 Å². The fourth-order valence-corrected chi connectivity index (χ4v) is 2.46. The Kier molecular flexibility index (Phi) is 4.73. The summed E-state index contributed by atoms with van der Waals surface area (Å²) in [4.78, 5) is 0. The standard InChI is InChI=1S/C16H15ClF2O/c1-10-2-3-12(16(17)4-10)8-15(20)7-11-5-13(18)9-14(19)6-11/h2-6,9,15,20H,7-8H2,1H3. The topological polar surface area (TPSA) is 20.2 Å². The van der Waals surface area contributed by atoms with Crippen molar-refractivity contribution in [3.63, 3.8) is 0 Å². The lowest BCUT2D eigenvalue weighted by molar-refractivity contribution is 0.175. The first kappa shape index (κ1) is 14.9. The quantitative estimate of drug-likeness (QED) is 0.901. The van der Waals surface area contributed by atoms with E-state index in [0.717, 1.165) is 17.2 Å². The highest BCUT2D eigenvalue weighted by atomic mass is 35.5. The van der Waals surface area contributed by atoms with Crippen molar-refractivity contribution >= 4 is 11.6 Å². The number of aryl methyl sites for hydroxylation is 1. The van der Waals surface area contributed by atoms with Crippen molar-refractivity contribution in [2.45, 2.75) is 25.9 Å². The molecule has 20 heavy (non-hydrogen) atoms. The lowest BCUT2D eigenvalue weighted by Gasteiger charge is -2.12. The van der Waals surface area contributed by atoms with Crippen LogP contribution in [-0.2, 0) is 12.8 Å². The Bertz CT molecular complexity index is 593. The van der Waals surface area contributed by atoms with Crippen LogP contribution in [0.1, 0.15) is 16.7 Å². The second kappa shape index (κ2) is 6.33. The van der Waals surface area contributed by atoms with Gasteiger partial charge in [-0.05, 0) is 48.2 Å². The maximum absolute atomic E-state index is 13.1. The molecule has 0 fully saturated rings. The van der Waals surface area contributed by atoms with E-state index in [9.17, 15) is 13.9 Å². The molecule has 1 unspecified atom stereocenters. The molecule has 1 atom stereocenters. The number of hydrogen-bond donors (Lipinski definition) is 1. The molecule has 0 aromatic heterocycles. The average molecular weight is 297 g/mol. The molecule has 106 valence electrons. The van der Waals surface area contributed by atoms with Gasteiger partial charge in [0.25, 0.3) is 0 Å². The van der Waals surface area contributed by atoms with Crippen molar-refractivity contribution in [2.75, 3.05) is 0 Å². The van der Waals surface area contributed by atoms with Gasteiger partial charge in [-0.15, -0.1) is 0 Å². The summed E-state index contributed by atoms with van der Waals surface area (Å²) in [7, 11) is 0. The fourth-order valence-electron chi connectivity index (χ4n) is 2.14. The Balaban J connectivity index is 2.06. The van der Waals surface area contributed by atoms with E-state index in [-0.39, 0.29) is 6.42 Å². The zero-order chi connectivity index (χ0) is 14.7. The Hall–Kier alpha value is -1.45. The van der Waals surface area contributed by atoms with Gasteiger partial charge in [0.2, 0.25) is 0 Å². The second-order valence-electron chi connectivity index (χ2n) is 4.93. The summed E-state index contributed by atoms with van der Waals surface area (Å²) in [5.41, 5.74) is 2.29. The summed E-state index contributed by atoms with van der Waals surface area (Å²) in [6.45, 7) is 1.93. The van der Waals surface area contributed by atoms with E-state index in [1.807, 2.05) is 25.1 Å². The summed E-state index contributed by atoms with van der Waals surface area (Å²) < 4.78 is 26.1. The highest BCUT2D eigenvalue weighted by Gasteiger charge is 2.11. The molecule has 0 aliphatic carbocycles. The van der Waals surface area contributed by atoms with Crippen molar-refractivity contribution in [1.82, 2.24) is 0 Å². The minimum absolute atomic E-state index is 0.179. The molecule has 0 radical (unpaired) electrons. The van der Waals surface area contributed by atoms with Gasteiger partial charge in [-0.2, -0.15) is 0 Å². The molecular weight excluding hydrogens is 282 g/mol. The summed E-state index contributed by atoms with van der Waals surface area (Å²) >= 11 is 6.10. The first-order chi connectivity index (χ1) is 9.44. The maximum Gasteiger partial charge on any atom is 0.126 e. The van der Waals surface area contributed by atoms with Gasteiger partial charge >= 0.3 is 0 Å². The van der Waals surface area contributed by atoms with E-state index >= 15 is 0 Å². The highest BCUT2D eigenvalue weighted by Crippen LogP contribution is 2.20. The van der Waals surface area contributed by atoms with Crippen molar-refractivity contribution < 1.29 is 13.9 Å². The van der Waals surface area contributed by atoms with Crippen molar-refractivity contribution in [3.05, 3.63) is 69.7 Å². The first-order valence-corrected chi connectivity index (χ1v) is 6.70. The van der Waals surface area contributed by atoms with Crippen LogP contribution in [0.2, 0.25) is 5.02 Å². The molecule has 0 saturated carbocycles. The Labute approximate surface area is 121 Å². The van der Waals surface area contributed by atoms with Gasteiger partial charge < -0.3 is 5.11 Å². The first-order valence-electron chi connectivity index (χ1n) is 6.32. The van der Waals surface area contributed by atoms with E-state index in [4.69, 9.17) is 11.6 Å². The van der Waals surface area contributed by atoms with Crippen LogP contribution in [-0.4, -0.2) is 11.2 Å². The molecule has 0 saturated heterocycles. The van der Waals surface area contributed by atoms with Crippen molar-refractivity contribution in [3.8, 4) is 0 Å². The molecule has 0 heterocycles. The minimum atomic E-state index is -0.739. The molecule has 1 nitrogen and oxygen atoms in total. The predicted molar refractivity (Wildman–Crippen MR) is 76.0 cm³/mol. The van der Waals surface area contributed by atoms with Gasteiger partial charge in [0.15, 0.2) is 0 Å². The number of hydrogen-bond acceptors (Lipinski definition) is 1. The number of benzene rings is 2. The normalized spacial score (nSPS) is 12.4. The van der Waals surface area contributed by atoms with Crippen LogP contribution in [0.4, 0.5) is 8.78 Å². The molecule has 4 heteroatoms. The smallest absolute Gasteiger partial charge is 0.126 e. The minimum Gasteiger partial charge on any atom is -0.392 e. The van der Waals surface area contributed by atoms with Crippen LogP contribution in [0.25, 0.3) is 0 Å². The molecule has 0 amide bonds. The van der Waals surface area contributed by atoms with Gasteiger partial charge in [-0.25, -0.2) is 8.78 Å². The molecule has 0 aliphatic rings. The van der Waals surface area contributed by atoms with Gasteiger partial charge in [0.05, 0.1) is 6.10 Å².